The Bertz CT molecular complexity index is 687. The molecule has 4 rings (SSSR count). The molecule has 1 amide bonds. The maximum Gasteiger partial charge on any atom is 0.414 e. The number of rotatable bonds is 4. The van der Waals surface area contributed by atoms with Gasteiger partial charge in [-0.25, -0.2) is 9.18 Å². The summed E-state index contributed by atoms with van der Waals surface area (Å²) in [6.45, 7) is 2.18. The van der Waals surface area contributed by atoms with E-state index in [0.29, 0.717) is 36.8 Å². The van der Waals surface area contributed by atoms with Crippen molar-refractivity contribution in [1.29, 1.82) is 0 Å². The van der Waals surface area contributed by atoms with Crippen molar-refractivity contribution in [2.75, 3.05) is 36.0 Å². The number of ether oxygens (including phenoxy) is 2. The van der Waals surface area contributed by atoms with Gasteiger partial charge in [-0.3, -0.25) is 4.90 Å². The number of carbonyl (C=O) groups excluding carboxylic acids is 1. The van der Waals surface area contributed by atoms with Crippen LogP contribution in [0.15, 0.2) is 12.1 Å². The van der Waals surface area contributed by atoms with Crippen molar-refractivity contribution in [1.82, 2.24) is 5.32 Å². The maximum atomic E-state index is 14.7. The lowest BCUT2D eigenvalue weighted by Crippen LogP contribution is -2.39. The molecule has 1 aromatic carbocycles. The van der Waals surface area contributed by atoms with Crippen LogP contribution >= 0.6 is 12.2 Å². The summed E-state index contributed by atoms with van der Waals surface area (Å²) in [6.07, 6.45) is 1.26. The molecule has 6 nitrogen and oxygen atoms in total. The average molecular weight is 351 g/mol. The summed E-state index contributed by atoms with van der Waals surface area (Å²) >= 11 is 4.70. The number of fused-ring (bicyclic) bond motifs is 3. The molecule has 1 N–H and O–H groups in total. The Kier molecular flexibility index (Phi) is 3.91. The molecule has 128 valence electrons. The van der Waals surface area contributed by atoms with Crippen LogP contribution in [0, 0.1) is 5.82 Å². The topological polar surface area (TPSA) is 54.0 Å². The number of nitrogens with zero attached hydrogens (tertiary/aromatic N) is 2. The first-order valence-electron chi connectivity index (χ1n) is 8.05. The van der Waals surface area contributed by atoms with Crippen LogP contribution in [-0.4, -0.2) is 50.0 Å². The number of benzene rings is 1. The highest BCUT2D eigenvalue weighted by atomic mass is 32.1. The van der Waals surface area contributed by atoms with Crippen molar-refractivity contribution in [3.63, 3.8) is 0 Å². The van der Waals surface area contributed by atoms with Gasteiger partial charge >= 0.3 is 6.09 Å². The van der Waals surface area contributed by atoms with E-state index in [1.54, 1.807) is 6.07 Å². The third kappa shape index (κ3) is 2.54. The van der Waals surface area contributed by atoms with Gasteiger partial charge in [0.2, 0.25) is 0 Å². The van der Waals surface area contributed by atoms with Crippen molar-refractivity contribution in [3.05, 3.63) is 17.9 Å². The molecule has 0 bridgehead atoms. The Morgan fingerprint density at radius 1 is 1.46 bits per heavy atom. The van der Waals surface area contributed by atoms with Gasteiger partial charge in [-0.05, 0) is 12.8 Å². The van der Waals surface area contributed by atoms with Crippen LogP contribution in [0.2, 0.25) is 0 Å². The van der Waals surface area contributed by atoms with Gasteiger partial charge in [-0.2, -0.15) is 0 Å². The highest BCUT2D eigenvalue weighted by molar-refractivity contribution is 7.78. The van der Waals surface area contributed by atoms with Crippen LogP contribution in [0.3, 0.4) is 0 Å². The fourth-order valence-corrected chi connectivity index (χ4v) is 3.71. The molecule has 0 spiro atoms. The zero-order valence-corrected chi connectivity index (χ0v) is 13.9. The summed E-state index contributed by atoms with van der Waals surface area (Å²) in [6, 6.07) is 3.36. The largest absolute Gasteiger partial charge is 0.489 e. The van der Waals surface area contributed by atoms with Crippen molar-refractivity contribution < 1.29 is 18.7 Å². The SMILES string of the molecule is O=C1O[C@@H](CNC=S)CN1c1cc(F)c2c(c1)OC[C@@H]1CCCN21. The Balaban J connectivity index is 1.60. The minimum Gasteiger partial charge on any atom is -0.489 e. The third-order valence-electron chi connectivity index (χ3n) is 4.72. The van der Waals surface area contributed by atoms with Crippen LogP contribution < -0.4 is 19.9 Å². The summed E-state index contributed by atoms with van der Waals surface area (Å²) in [5, 5.41) is 2.85. The van der Waals surface area contributed by atoms with Gasteiger partial charge in [0.1, 0.15) is 24.1 Å². The molecule has 3 heterocycles. The van der Waals surface area contributed by atoms with Crippen molar-refractivity contribution in [2.24, 2.45) is 0 Å². The number of thiocarbonyl (C=S) groups is 1. The van der Waals surface area contributed by atoms with Gasteiger partial charge in [0.25, 0.3) is 0 Å². The van der Waals surface area contributed by atoms with Gasteiger partial charge in [0.15, 0.2) is 5.82 Å². The predicted molar refractivity (Wildman–Crippen MR) is 91.5 cm³/mol. The molecule has 24 heavy (non-hydrogen) atoms. The standard InChI is InChI=1S/C16H18FN3O3S/c17-13-4-11(20-7-12(6-18-9-24)23-16(20)21)5-14-15(13)19-3-1-2-10(19)8-22-14/h4-5,9-10,12H,1-3,6-8H2,(H,18,24)/t10-,12-/m0/s1. The molecule has 8 heteroatoms. The maximum absolute atomic E-state index is 14.7. The number of nitrogens with one attached hydrogen (secondary N) is 1. The lowest BCUT2D eigenvalue weighted by atomic mass is 10.1. The number of anilines is 2. The van der Waals surface area contributed by atoms with Gasteiger partial charge in [0.05, 0.1) is 30.3 Å². The third-order valence-corrected chi connectivity index (χ3v) is 4.89. The Morgan fingerprint density at radius 2 is 2.33 bits per heavy atom. The minimum atomic E-state index is -0.486. The van der Waals surface area contributed by atoms with Gasteiger partial charge in [0, 0.05) is 18.7 Å². The number of halogens is 1. The summed E-state index contributed by atoms with van der Waals surface area (Å²) in [5.74, 6) is 0.138. The number of amides is 1. The highest BCUT2D eigenvalue weighted by Gasteiger charge is 2.37. The first kappa shape index (κ1) is 15.4. The Labute approximate surface area is 144 Å². The normalized spacial score (nSPS) is 25.0. The highest BCUT2D eigenvalue weighted by Crippen LogP contribution is 2.42. The molecule has 0 aliphatic carbocycles. The quantitative estimate of drug-likeness (QED) is 0.838. The minimum absolute atomic E-state index is 0.250. The van der Waals surface area contributed by atoms with Crippen LogP contribution in [0.4, 0.5) is 20.6 Å². The summed E-state index contributed by atoms with van der Waals surface area (Å²) in [5.41, 5.74) is 2.35. The molecular weight excluding hydrogens is 333 g/mol. The number of hydrogen-bond acceptors (Lipinski definition) is 5. The zero-order chi connectivity index (χ0) is 16.7. The lowest BCUT2D eigenvalue weighted by Gasteiger charge is -2.34. The second-order valence-corrected chi connectivity index (χ2v) is 6.45. The number of hydrogen-bond donors (Lipinski definition) is 1. The average Bonchev–Trinajstić information content (AvgIpc) is 3.18. The monoisotopic (exact) mass is 351 g/mol. The zero-order valence-electron chi connectivity index (χ0n) is 13.0. The van der Waals surface area contributed by atoms with Crippen molar-refractivity contribution >= 4 is 35.2 Å². The van der Waals surface area contributed by atoms with E-state index in [9.17, 15) is 9.18 Å². The molecular formula is C16H18FN3O3S. The molecule has 2 saturated heterocycles. The van der Waals surface area contributed by atoms with E-state index in [4.69, 9.17) is 21.7 Å². The van der Waals surface area contributed by atoms with E-state index >= 15 is 0 Å². The van der Waals surface area contributed by atoms with Crippen LogP contribution in [0.5, 0.6) is 5.75 Å². The molecule has 0 radical (unpaired) electrons. The molecule has 2 fully saturated rings. The second-order valence-electron chi connectivity index (χ2n) is 6.22. The summed E-state index contributed by atoms with van der Waals surface area (Å²) < 4.78 is 25.7. The Hall–Kier alpha value is -2.09. The van der Waals surface area contributed by atoms with Gasteiger partial charge in [-0.1, -0.05) is 12.2 Å². The Morgan fingerprint density at radius 3 is 3.17 bits per heavy atom. The van der Waals surface area contributed by atoms with E-state index < -0.39 is 6.09 Å². The molecule has 0 saturated carbocycles. The second kappa shape index (κ2) is 6.08. The van der Waals surface area contributed by atoms with Crippen molar-refractivity contribution in [3.8, 4) is 5.75 Å². The van der Waals surface area contributed by atoms with Crippen LogP contribution in [0.1, 0.15) is 12.8 Å². The molecule has 0 aromatic heterocycles. The molecule has 3 aliphatic heterocycles. The van der Waals surface area contributed by atoms with Crippen molar-refractivity contribution in [2.45, 2.75) is 25.0 Å². The predicted octanol–water partition coefficient (Wildman–Crippen LogP) is 2.06. The van der Waals surface area contributed by atoms with E-state index in [1.165, 1.54) is 16.5 Å². The smallest absolute Gasteiger partial charge is 0.414 e. The van der Waals surface area contributed by atoms with E-state index in [2.05, 4.69) is 10.2 Å². The fraction of sp³-hybridized carbons (Fsp3) is 0.500. The summed E-state index contributed by atoms with van der Waals surface area (Å²) in [7, 11) is 0. The van der Waals surface area contributed by atoms with Gasteiger partial charge < -0.3 is 19.7 Å². The summed E-state index contributed by atoms with van der Waals surface area (Å²) in [4.78, 5) is 15.6. The molecule has 3 aliphatic rings. The van der Waals surface area contributed by atoms with E-state index in [0.717, 1.165) is 19.4 Å². The first-order valence-corrected chi connectivity index (χ1v) is 8.52. The van der Waals surface area contributed by atoms with E-state index in [1.807, 2.05) is 0 Å². The van der Waals surface area contributed by atoms with Crippen LogP contribution in [0.25, 0.3) is 0 Å². The molecule has 2 atom stereocenters. The number of carbonyl (C=O) groups is 1. The molecule has 0 unspecified atom stereocenters. The lowest BCUT2D eigenvalue weighted by molar-refractivity contribution is 0.143. The van der Waals surface area contributed by atoms with Gasteiger partial charge in [-0.15, -0.1) is 0 Å². The number of cyclic esters (lactones) is 1. The molecule has 1 aromatic rings. The van der Waals surface area contributed by atoms with Crippen LogP contribution in [-0.2, 0) is 4.74 Å². The fourth-order valence-electron chi connectivity index (χ4n) is 3.61. The first-order chi connectivity index (χ1) is 11.7. The van der Waals surface area contributed by atoms with E-state index in [-0.39, 0.29) is 18.0 Å².